The number of hydrogen-bond acceptors (Lipinski definition) is 4. The van der Waals surface area contributed by atoms with Crippen LogP contribution in [0.3, 0.4) is 0 Å². The molecule has 1 aliphatic rings. The van der Waals surface area contributed by atoms with E-state index in [1.807, 2.05) is 28.8 Å². The maximum atomic E-state index is 13.2. The second-order valence-electron chi connectivity index (χ2n) is 7.24. The number of aliphatic hydroxyl groups is 1. The monoisotopic (exact) mass is 416 g/mol. The van der Waals surface area contributed by atoms with Gasteiger partial charge in [0.1, 0.15) is 11.9 Å². The standard InChI is InChI=1S/C21H21FN2O4S/c1-23(29(27,28)16-9-6-14(22)7-10-16)15-8-11-19-21(20(26)13-25)17-4-2-3-5-18(17)24(19)12-15/h2-7,9-10,13,15,20,26H,8,11-12H2,1H3. The normalized spacial score (nSPS) is 18.0. The Morgan fingerprint density at radius 1 is 1.21 bits per heavy atom. The number of fused-ring (bicyclic) bond motifs is 3. The van der Waals surface area contributed by atoms with Crippen molar-refractivity contribution in [2.24, 2.45) is 0 Å². The highest BCUT2D eigenvalue weighted by molar-refractivity contribution is 7.89. The Hall–Kier alpha value is -2.55. The van der Waals surface area contributed by atoms with Crippen molar-refractivity contribution in [1.82, 2.24) is 8.87 Å². The van der Waals surface area contributed by atoms with E-state index in [0.717, 1.165) is 28.7 Å². The zero-order chi connectivity index (χ0) is 20.8. The van der Waals surface area contributed by atoms with Crippen LogP contribution < -0.4 is 0 Å². The van der Waals surface area contributed by atoms with Crippen LogP contribution in [0.15, 0.2) is 53.4 Å². The highest BCUT2D eigenvalue weighted by Crippen LogP contribution is 2.35. The maximum absolute atomic E-state index is 13.2. The lowest BCUT2D eigenvalue weighted by atomic mass is 9.99. The molecule has 2 aromatic carbocycles. The Morgan fingerprint density at radius 3 is 2.59 bits per heavy atom. The smallest absolute Gasteiger partial charge is 0.243 e. The van der Waals surface area contributed by atoms with Gasteiger partial charge in [-0.2, -0.15) is 4.31 Å². The van der Waals surface area contributed by atoms with Crippen molar-refractivity contribution in [2.75, 3.05) is 7.05 Å². The van der Waals surface area contributed by atoms with Gasteiger partial charge in [0.15, 0.2) is 6.29 Å². The topological polar surface area (TPSA) is 79.6 Å². The Morgan fingerprint density at radius 2 is 1.90 bits per heavy atom. The summed E-state index contributed by atoms with van der Waals surface area (Å²) in [6.07, 6.45) is 0.377. The van der Waals surface area contributed by atoms with Crippen molar-refractivity contribution in [3.05, 3.63) is 65.6 Å². The van der Waals surface area contributed by atoms with Crippen molar-refractivity contribution in [3.63, 3.8) is 0 Å². The molecule has 2 unspecified atom stereocenters. The first kappa shape index (κ1) is 19.8. The number of hydrogen-bond donors (Lipinski definition) is 1. The van der Waals surface area contributed by atoms with Crippen LogP contribution in [0.25, 0.3) is 10.9 Å². The summed E-state index contributed by atoms with van der Waals surface area (Å²) in [5.41, 5.74) is 2.31. The largest absolute Gasteiger partial charge is 0.381 e. The van der Waals surface area contributed by atoms with Gasteiger partial charge in [-0.05, 0) is 43.2 Å². The van der Waals surface area contributed by atoms with Gasteiger partial charge in [0.05, 0.1) is 4.90 Å². The third-order valence-electron chi connectivity index (χ3n) is 5.66. The Balaban J connectivity index is 1.72. The molecule has 0 aliphatic carbocycles. The number of aliphatic hydroxyl groups excluding tert-OH is 1. The van der Waals surface area contributed by atoms with E-state index < -0.39 is 21.9 Å². The fourth-order valence-electron chi connectivity index (χ4n) is 4.13. The summed E-state index contributed by atoms with van der Waals surface area (Å²) in [5, 5.41) is 11.0. The van der Waals surface area contributed by atoms with Crippen LogP contribution in [0.1, 0.15) is 23.8 Å². The van der Waals surface area contributed by atoms with Crippen molar-refractivity contribution in [2.45, 2.75) is 36.4 Å². The number of carbonyl (C=O) groups is 1. The van der Waals surface area contributed by atoms with Gasteiger partial charge in [-0.15, -0.1) is 0 Å². The molecule has 29 heavy (non-hydrogen) atoms. The van der Waals surface area contributed by atoms with Crippen molar-refractivity contribution in [1.29, 1.82) is 0 Å². The molecule has 1 N–H and O–H groups in total. The summed E-state index contributed by atoms with van der Waals surface area (Å²) in [6.45, 7) is 0.401. The molecule has 0 fully saturated rings. The maximum Gasteiger partial charge on any atom is 0.243 e. The molecule has 0 radical (unpaired) electrons. The lowest BCUT2D eigenvalue weighted by Crippen LogP contribution is -2.42. The van der Waals surface area contributed by atoms with E-state index in [4.69, 9.17) is 0 Å². The molecule has 4 rings (SSSR count). The molecule has 0 saturated carbocycles. The third kappa shape index (κ3) is 3.27. The van der Waals surface area contributed by atoms with E-state index in [9.17, 15) is 22.7 Å². The minimum atomic E-state index is -3.78. The van der Waals surface area contributed by atoms with Gasteiger partial charge >= 0.3 is 0 Å². The molecule has 152 valence electrons. The molecule has 0 saturated heterocycles. The number of nitrogens with zero attached hydrogens (tertiary/aromatic N) is 2. The molecule has 0 amide bonds. The molecular formula is C21H21FN2O4S. The molecule has 0 bridgehead atoms. The Labute approximate surface area is 168 Å². The van der Waals surface area contributed by atoms with E-state index >= 15 is 0 Å². The van der Waals surface area contributed by atoms with Crippen LogP contribution in [0, 0.1) is 5.82 Å². The van der Waals surface area contributed by atoms with Crippen molar-refractivity contribution < 1.29 is 22.7 Å². The molecular weight excluding hydrogens is 395 g/mol. The molecule has 0 spiro atoms. The molecule has 1 aromatic heterocycles. The molecule has 1 aliphatic heterocycles. The van der Waals surface area contributed by atoms with Crippen LogP contribution in [-0.4, -0.2) is 41.8 Å². The zero-order valence-corrected chi connectivity index (χ0v) is 16.6. The van der Waals surface area contributed by atoms with Crippen molar-refractivity contribution >= 4 is 27.2 Å². The fraction of sp³-hybridized carbons (Fsp3) is 0.286. The van der Waals surface area contributed by atoms with E-state index in [1.54, 1.807) is 0 Å². The van der Waals surface area contributed by atoms with Gasteiger partial charge in [0, 0.05) is 41.8 Å². The molecule has 8 heteroatoms. The zero-order valence-electron chi connectivity index (χ0n) is 15.8. The lowest BCUT2D eigenvalue weighted by Gasteiger charge is -2.32. The summed E-state index contributed by atoms with van der Waals surface area (Å²) in [4.78, 5) is 11.3. The minimum Gasteiger partial charge on any atom is -0.381 e. The molecule has 6 nitrogen and oxygen atoms in total. The number of halogens is 1. The van der Waals surface area contributed by atoms with Crippen LogP contribution in [0.2, 0.25) is 0 Å². The summed E-state index contributed by atoms with van der Waals surface area (Å²) in [6, 6.07) is 12.0. The number of carbonyl (C=O) groups excluding carboxylic acids is 1. The van der Waals surface area contributed by atoms with Gasteiger partial charge in [-0.25, -0.2) is 12.8 Å². The minimum absolute atomic E-state index is 0.0432. The van der Waals surface area contributed by atoms with Crippen LogP contribution >= 0.6 is 0 Å². The lowest BCUT2D eigenvalue weighted by molar-refractivity contribution is -0.115. The van der Waals surface area contributed by atoms with E-state index in [1.165, 1.54) is 23.5 Å². The molecule has 2 atom stereocenters. The summed E-state index contributed by atoms with van der Waals surface area (Å²) in [5.74, 6) is -0.492. The number of likely N-dealkylation sites (N-methyl/N-ethyl adjacent to an activating group) is 1. The number of rotatable bonds is 5. The quantitative estimate of drug-likeness (QED) is 0.649. The average Bonchev–Trinajstić information content (AvgIpc) is 3.06. The SMILES string of the molecule is CN(C1CCc2c(C(O)C=O)c3ccccc3n2C1)S(=O)(=O)c1ccc(F)cc1. The van der Waals surface area contributed by atoms with Crippen LogP contribution in [0.4, 0.5) is 4.39 Å². The first-order valence-corrected chi connectivity index (χ1v) is 10.8. The highest BCUT2D eigenvalue weighted by atomic mass is 32.2. The van der Waals surface area contributed by atoms with Gasteiger partial charge in [-0.1, -0.05) is 18.2 Å². The highest BCUT2D eigenvalue weighted by Gasteiger charge is 2.33. The molecule has 3 aromatic rings. The first-order valence-electron chi connectivity index (χ1n) is 9.31. The summed E-state index contributed by atoms with van der Waals surface area (Å²) < 4.78 is 42.5. The van der Waals surface area contributed by atoms with Crippen LogP contribution in [-0.2, 0) is 27.8 Å². The summed E-state index contributed by atoms with van der Waals surface area (Å²) in [7, 11) is -2.25. The van der Waals surface area contributed by atoms with Gasteiger partial charge in [0.2, 0.25) is 10.0 Å². The predicted molar refractivity (Wildman–Crippen MR) is 106 cm³/mol. The summed E-state index contributed by atoms with van der Waals surface area (Å²) >= 11 is 0. The van der Waals surface area contributed by atoms with E-state index in [-0.39, 0.29) is 10.9 Å². The number of aldehydes is 1. The predicted octanol–water partition coefficient (Wildman–Crippen LogP) is 2.65. The van der Waals surface area contributed by atoms with Gasteiger partial charge in [0.25, 0.3) is 0 Å². The number of sulfonamides is 1. The Kier molecular flexibility index (Phi) is 5.02. The number of aromatic nitrogens is 1. The number of para-hydroxylation sites is 1. The van der Waals surface area contributed by atoms with Gasteiger partial charge < -0.3 is 14.5 Å². The third-order valence-corrected chi connectivity index (χ3v) is 7.58. The van der Waals surface area contributed by atoms with Crippen LogP contribution in [0.5, 0.6) is 0 Å². The van der Waals surface area contributed by atoms with E-state index in [2.05, 4.69) is 0 Å². The molecule has 2 heterocycles. The average molecular weight is 416 g/mol. The second kappa shape index (κ2) is 7.37. The van der Waals surface area contributed by atoms with Gasteiger partial charge in [-0.3, -0.25) is 0 Å². The fourth-order valence-corrected chi connectivity index (χ4v) is 5.51. The Bertz CT molecular complexity index is 1170. The van der Waals surface area contributed by atoms with Crippen molar-refractivity contribution in [3.8, 4) is 0 Å². The number of benzene rings is 2. The second-order valence-corrected chi connectivity index (χ2v) is 9.23. The van der Waals surface area contributed by atoms with E-state index in [0.29, 0.717) is 31.2 Å². The first-order chi connectivity index (χ1) is 13.8.